The van der Waals surface area contributed by atoms with Gasteiger partial charge in [-0.2, -0.15) is 0 Å². The van der Waals surface area contributed by atoms with Crippen molar-refractivity contribution in [1.29, 1.82) is 0 Å². The van der Waals surface area contributed by atoms with Crippen LogP contribution in [0.5, 0.6) is 0 Å². The van der Waals surface area contributed by atoms with Crippen molar-refractivity contribution in [2.24, 2.45) is 0 Å². The van der Waals surface area contributed by atoms with Crippen LogP contribution in [0, 0.1) is 0 Å². The first-order valence-corrected chi connectivity index (χ1v) is 25.8. The summed E-state index contributed by atoms with van der Waals surface area (Å²) < 4.78 is 0. The number of carbonyl (C=O) groups is 5. The van der Waals surface area contributed by atoms with Gasteiger partial charge < -0.3 is 25.3 Å². The highest BCUT2D eigenvalue weighted by Gasteiger charge is 2.22. The fourth-order valence-corrected chi connectivity index (χ4v) is 8.38. The monoisotopic (exact) mass is 897 g/mol. The zero-order valence-corrected chi connectivity index (χ0v) is 40.5. The molecule has 0 aromatic heterocycles. The van der Waals surface area contributed by atoms with Crippen LogP contribution < -0.4 is 0 Å². The summed E-state index contributed by atoms with van der Waals surface area (Å²) in [4.78, 5) is 66.2. The molecule has 370 valence electrons. The van der Waals surface area contributed by atoms with E-state index in [1.54, 1.807) is 4.90 Å². The van der Waals surface area contributed by atoms with Gasteiger partial charge in [0.15, 0.2) is 0 Å². The zero-order chi connectivity index (χ0) is 46.6. The van der Waals surface area contributed by atoms with Crippen LogP contribution >= 0.6 is 0 Å². The molecule has 0 rings (SSSR count). The van der Waals surface area contributed by atoms with Gasteiger partial charge in [0, 0.05) is 39.3 Å². The number of amides is 1. The summed E-state index contributed by atoms with van der Waals surface area (Å²) in [7, 11) is 0. The lowest BCUT2D eigenvalue weighted by Crippen LogP contribution is -2.48. The minimum atomic E-state index is -1.17. The molecule has 0 aliphatic rings. The Morgan fingerprint density at radius 1 is 0.270 bits per heavy atom. The lowest BCUT2D eigenvalue weighted by Gasteiger charge is -2.30. The van der Waals surface area contributed by atoms with Gasteiger partial charge in [0.25, 0.3) is 0 Å². The van der Waals surface area contributed by atoms with Crippen molar-refractivity contribution >= 4 is 29.8 Å². The van der Waals surface area contributed by atoms with Crippen LogP contribution in [0.3, 0.4) is 0 Å². The molecular weight excluding hydrogens is 801 g/mol. The first kappa shape index (κ1) is 60.2. The average molecular weight is 897 g/mol. The highest BCUT2D eigenvalue weighted by atomic mass is 16.4. The molecule has 0 aromatic rings. The molecule has 0 bridgehead atoms. The number of unbranched alkanes of at least 4 members (excludes halogenated alkanes) is 30. The number of carbonyl (C=O) groups excluding carboxylic acids is 1. The Morgan fingerprint density at radius 2 is 0.476 bits per heavy atom. The highest BCUT2D eigenvalue weighted by molar-refractivity contribution is 5.78. The summed E-state index contributed by atoms with van der Waals surface area (Å²) in [5.74, 6) is -4.76. The third-order valence-electron chi connectivity index (χ3n) is 12.2. The summed E-state index contributed by atoms with van der Waals surface area (Å²) >= 11 is 0. The summed E-state index contributed by atoms with van der Waals surface area (Å²) in [6.45, 7) is 4.28. The molecule has 0 radical (unpaired) electrons. The smallest absolute Gasteiger partial charge is 0.317 e. The largest absolute Gasteiger partial charge is 0.480 e. The van der Waals surface area contributed by atoms with Gasteiger partial charge in [0.1, 0.15) is 0 Å². The second-order valence-corrected chi connectivity index (χ2v) is 18.3. The van der Waals surface area contributed by atoms with Crippen LogP contribution in [0.4, 0.5) is 0 Å². The van der Waals surface area contributed by atoms with E-state index >= 15 is 0 Å². The average Bonchev–Trinajstić information content (AvgIpc) is 3.22. The third kappa shape index (κ3) is 42.9. The maximum atomic E-state index is 14.0. The number of carboxylic acids is 4. The van der Waals surface area contributed by atoms with Crippen LogP contribution in [-0.4, -0.2) is 142 Å². The molecule has 63 heavy (non-hydrogen) atoms. The van der Waals surface area contributed by atoms with Gasteiger partial charge in [-0.15, -0.1) is 0 Å². The van der Waals surface area contributed by atoms with Crippen LogP contribution in [0.15, 0.2) is 0 Å². The van der Waals surface area contributed by atoms with Gasteiger partial charge in [-0.05, 0) is 12.8 Å². The lowest BCUT2D eigenvalue weighted by atomic mass is 10.0. The molecule has 0 aliphatic carbocycles. The molecule has 0 aliphatic heterocycles. The quantitative estimate of drug-likeness (QED) is 0.0425. The first-order chi connectivity index (χ1) is 30.5. The summed E-state index contributed by atoms with van der Waals surface area (Å²) in [6, 6.07) is 0. The highest BCUT2D eigenvalue weighted by Crippen LogP contribution is 2.16. The normalized spacial score (nSPS) is 11.6. The number of hydrogen-bond donors (Lipinski definition) is 4. The lowest BCUT2D eigenvalue weighted by molar-refractivity contribution is -0.143. The van der Waals surface area contributed by atoms with E-state index < -0.39 is 50.1 Å². The molecule has 0 aromatic carbocycles. The predicted octanol–water partition coefficient (Wildman–Crippen LogP) is 10.6. The molecule has 0 saturated heterocycles. The van der Waals surface area contributed by atoms with Crippen molar-refractivity contribution in [3.63, 3.8) is 0 Å². The summed E-state index contributed by atoms with van der Waals surface area (Å²) in [5, 5.41) is 37.5. The molecule has 13 nitrogen and oxygen atoms in total. The van der Waals surface area contributed by atoms with Crippen LogP contribution in [0.1, 0.15) is 219 Å². The molecular formula is C50H96N4O9. The topological polar surface area (TPSA) is 179 Å². The first-order valence-electron chi connectivity index (χ1n) is 25.8. The minimum Gasteiger partial charge on any atom is -0.480 e. The molecule has 4 N–H and O–H groups in total. The Hall–Kier alpha value is -2.77. The van der Waals surface area contributed by atoms with E-state index in [2.05, 4.69) is 13.8 Å². The standard InChI is InChI=1S/C50H96N4O9/c1-3-5-7-9-11-13-15-17-19-21-23-25-27-29-31-33-35-54(36-34-32-30-28-26-24-22-20-18-16-14-12-10-8-6-4-2)46(55)41-51(37-39-52(42-47(56)57)43-48(58)59)38-40-53(44-49(60)61)45-50(62)63/h3-45H2,1-2H3,(H,56,57)(H,58,59)(H,60,61)(H,62,63). The SMILES string of the molecule is CCCCCCCCCCCCCCCCCCN(CCCCCCCCCCCCCCCCCC)C(=O)CN(CCN(CC(=O)O)CC(=O)O)CCN(CC(=O)O)CC(=O)O. The summed E-state index contributed by atoms with van der Waals surface area (Å²) in [6.07, 6.45) is 40.7. The van der Waals surface area contributed by atoms with Crippen molar-refractivity contribution in [3.8, 4) is 0 Å². The van der Waals surface area contributed by atoms with Gasteiger partial charge >= 0.3 is 23.9 Å². The maximum absolute atomic E-state index is 14.0. The van der Waals surface area contributed by atoms with Crippen molar-refractivity contribution in [3.05, 3.63) is 0 Å². The van der Waals surface area contributed by atoms with Gasteiger partial charge in [0.2, 0.25) is 5.91 Å². The van der Waals surface area contributed by atoms with Crippen LogP contribution in [0.2, 0.25) is 0 Å². The van der Waals surface area contributed by atoms with Gasteiger partial charge in [0.05, 0.1) is 32.7 Å². The van der Waals surface area contributed by atoms with Gasteiger partial charge in [-0.25, -0.2) is 0 Å². The fourth-order valence-electron chi connectivity index (χ4n) is 8.38. The molecule has 0 unspecified atom stereocenters. The van der Waals surface area contributed by atoms with E-state index in [1.165, 1.54) is 177 Å². The zero-order valence-electron chi connectivity index (χ0n) is 40.5. The number of rotatable bonds is 50. The van der Waals surface area contributed by atoms with E-state index in [0.717, 1.165) is 38.5 Å². The predicted molar refractivity (Wildman–Crippen MR) is 256 cm³/mol. The number of aliphatic carboxylic acids is 4. The Bertz CT molecular complexity index is 1020. The molecule has 0 atom stereocenters. The van der Waals surface area contributed by atoms with E-state index in [-0.39, 0.29) is 38.6 Å². The number of hydrogen-bond acceptors (Lipinski definition) is 8. The van der Waals surface area contributed by atoms with Crippen molar-refractivity contribution < 1.29 is 44.4 Å². The third-order valence-corrected chi connectivity index (χ3v) is 12.2. The molecule has 0 heterocycles. The van der Waals surface area contributed by atoms with E-state index in [9.17, 15) is 44.4 Å². The Kier molecular flexibility index (Phi) is 42.5. The van der Waals surface area contributed by atoms with Gasteiger partial charge in [-0.3, -0.25) is 38.7 Å². The Balaban J connectivity index is 5.18. The van der Waals surface area contributed by atoms with Crippen LogP contribution in [0.25, 0.3) is 0 Å². The van der Waals surface area contributed by atoms with Crippen molar-refractivity contribution in [2.75, 3.05) is 72.0 Å². The number of nitrogens with zero attached hydrogens (tertiary/aromatic N) is 4. The van der Waals surface area contributed by atoms with Gasteiger partial charge in [-0.1, -0.05) is 206 Å². The van der Waals surface area contributed by atoms with Crippen molar-refractivity contribution in [2.45, 2.75) is 219 Å². The van der Waals surface area contributed by atoms with Crippen molar-refractivity contribution in [1.82, 2.24) is 19.6 Å². The molecule has 13 heteroatoms. The molecule has 0 fully saturated rings. The second-order valence-electron chi connectivity index (χ2n) is 18.3. The molecule has 0 saturated carbocycles. The van der Waals surface area contributed by atoms with E-state index in [1.807, 2.05) is 4.90 Å². The van der Waals surface area contributed by atoms with E-state index in [4.69, 9.17) is 0 Å². The fraction of sp³-hybridized carbons (Fsp3) is 0.900. The van der Waals surface area contributed by atoms with E-state index in [0.29, 0.717) is 13.1 Å². The Labute approximate surface area is 384 Å². The summed E-state index contributed by atoms with van der Waals surface area (Å²) in [5.41, 5.74) is 0. The number of carboxylic acid groups (broad SMARTS) is 4. The minimum absolute atomic E-state index is 0.0142. The Morgan fingerprint density at radius 3 is 0.698 bits per heavy atom. The maximum Gasteiger partial charge on any atom is 0.317 e. The second kappa shape index (κ2) is 44.4. The van der Waals surface area contributed by atoms with Crippen LogP contribution in [-0.2, 0) is 24.0 Å². The molecule has 1 amide bonds. The molecule has 0 spiro atoms.